The maximum absolute atomic E-state index is 12.5. The minimum absolute atomic E-state index is 0.132. The molecule has 1 atom stereocenters. The first-order valence-electron chi connectivity index (χ1n) is 4.39. The van der Waals surface area contributed by atoms with Gasteiger partial charge in [0.25, 0.3) is 6.43 Å². The smallest absolute Gasteiger partial charge is 0.256 e. The van der Waals surface area contributed by atoms with Gasteiger partial charge in [-0.2, -0.15) is 5.10 Å². The zero-order valence-corrected chi connectivity index (χ0v) is 8.59. The number of alkyl halides is 2. The van der Waals surface area contributed by atoms with Crippen LogP contribution in [0, 0.1) is 6.92 Å². The van der Waals surface area contributed by atoms with E-state index in [0.29, 0.717) is 0 Å². The molecule has 1 aromatic rings. The average Bonchev–Trinajstić information content (AvgIpc) is 2.35. The SMILES string of the molecule is Cc1cnn(C)c1CC(C)(N)C(F)F. The number of nitrogens with two attached hydrogens (primary N) is 1. The lowest BCUT2D eigenvalue weighted by Gasteiger charge is -2.23. The first-order chi connectivity index (χ1) is 6.34. The van der Waals surface area contributed by atoms with Crippen LogP contribution in [0.3, 0.4) is 0 Å². The number of rotatable bonds is 3. The van der Waals surface area contributed by atoms with Crippen LogP contribution in [0.25, 0.3) is 0 Å². The second-order valence-corrected chi connectivity index (χ2v) is 3.88. The lowest BCUT2D eigenvalue weighted by atomic mass is 9.96. The van der Waals surface area contributed by atoms with Crippen molar-refractivity contribution in [3.05, 3.63) is 17.5 Å². The quantitative estimate of drug-likeness (QED) is 0.803. The molecule has 0 aliphatic rings. The van der Waals surface area contributed by atoms with Crippen molar-refractivity contribution in [2.45, 2.75) is 32.2 Å². The highest BCUT2D eigenvalue weighted by molar-refractivity contribution is 5.18. The third-order valence-electron chi connectivity index (χ3n) is 2.32. The van der Waals surface area contributed by atoms with Gasteiger partial charge in [-0.1, -0.05) is 0 Å². The molecule has 0 radical (unpaired) electrons. The monoisotopic (exact) mass is 203 g/mol. The Morgan fingerprint density at radius 3 is 2.57 bits per heavy atom. The van der Waals surface area contributed by atoms with Crippen molar-refractivity contribution in [3.63, 3.8) is 0 Å². The first kappa shape index (κ1) is 11.1. The van der Waals surface area contributed by atoms with Gasteiger partial charge in [-0.25, -0.2) is 8.78 Å². The van der Waals surface area contributed by atoms with E-state index in [0.717, 1.165) is 11.3 Å². The molecule has 3 nitrogen and oxygen atoms in total. The molecule has 0 saturated heterocycles. The van der Waals surface area contributed by atoms with Crippen LogP contribution in [0.2, 0.25) is 0 Å². The molecule has 0 aromatic carbocycles. The van der Waals surface area contributed by atoms with Crippen LogP contribution in [0.1, 0.15) is 18.2 Å². The van der Waals surface area contributed by atoms with Gasteiger partial charge in [0.15, 0.2) is 0 Å². The molecular formula is C9H15F2N3. The van der Waals surface area contributed by atoms with E-state index in [1.165, 1.54) is 6.92 Å². The van der Waals surface area contributed by atoms with Crippen molar-refractivity contribution in [2.75, 3.05) is 0 Å². The highest BCUT2D eigenvalue weighted by Crippen LogP contribution is 2.19. The van der Waals surface area contributed by atoms with Crippen molar-refractivity contribution < 1.29 is 8.78 Å². The highest BCUT2D eigenvalue weighted by atomic mass is 19.3. The van der Waals surface area contributed by atoms with Crippen LogP contribution < -0.4 is 5.73 Å². The Balaban J connectivity index is 2.88. The molecule has 0 aliphatic heterocycles. The van der Waals surface area contributed by atoms with Gasteiger partial charge in [0.05, 0.1) is 11.7 Å². The van der Waals surface area contributed by atoms with Gasteiger partial charge in [0.2, 0.25) is 0 Å². The number of nitrogens with zero attached hydrogens (tertiary/aromatic N) is 2. The van der Waals surface area contributed by atoms with Crippen LogP contribution in [0.5, 0.6) is 0 Å². The minimum atomic E-state index is -2.53. The maximum atomic E-state index is 12.5. The predicted octanol–water partition coefficient (Wildman–Crippen LogP) is 1.25. The number of hydrogen-bond donors (Lipinski definition) is 1. The Bertz CT molecular complexity index is 298. The van der Waals surface area contributed by atoms with Crippen molar-refractivity contribution >= 4 is 0 Å². The summed E-state index contributed by atoms with van der Waals surface area (Å²) in [6.45, 7) is 3.19. The molecule has 1 rings (SSSR count). The topological polar surface area (TPSA) is 43.8 Å². The van der Waals surface area contributed by atoms with Crippen molar-refractivity contribution in [1.82, 2.24) is 9.78 Å². The average molecular weight is 203 g/mol. The molecule has 1 heterocycles. The van der Waals surface area contributed by atoms with Gasteiger partial charge in [-0.3, -0.25) is 4.68 Å². The van der Waals surface area contributed by atoms with Crippen LogP contribution in [-0.4, -0.2) is 21.7 Å². The fourth-order valence-corrected chi connectivity index (χ4v) is 1.26. The normalized spacial score (nSPS) is 15.9. The van der Waals surface area contributed by atoms with Crippen molar-refractivity contribution in [1.29, 1.82) is 0 Å². The summed E-state index contributed by atoms with van der Waals surface area (Å²) in [5.74, 6) is 0. The Hall–Kier alpha value is -0.970. The molecule has 0 bridgehead atoms. The van der Waals surface area contributed by atoms with E-state index in [1.54, 1.807) is 17.9 Å². The molecule has 1 aromatic heterocycles. The minimum Gasteiger partial charge on any atom is -0.320 e. The van der Waals surface area contributed by atoms with E-state index in [-0.39, 0.29) is 6.42 Å². The fraction of sp³-hybridized carbons (Fsp3) is 0.667. The molecule has 5 heteroatoms. The van der Waals surface area contributed by atoms with E-state index in [1.807, 2.05) is 6.92 Å². The standard InChI is InChI=1S/C9H15F2N3/c1-6-5-13-14(3)7(6)4-9(2,12)8(10)11/h5,8H,4,12H2,1-3H3. The van der Waals surface area contributed by atoms with E-state index in [9.17, 15) is 8.78 Å². The predicted molar refractivity (Wildman–Crippen MR) is 50.2 cm³/mol. The summed E-state index contributed by atoms with van der Waals surface area (Å²) in [7, 11) is 1.73. The maximum Gasteiger partial charge on any atom is 0.256 e. The summed E-state index contributed by atoms with van der Waals surface area (Å²) < 4.78 is 26.6. The van der Waals surface area contributed by atoms with Crippen LogP contribution in [0.4, 0.5) is 8.78 Å². The van der Waals surface area contributed by atoms with E-state index >= 15 is 0 Å². The van der Waals surface area contributed by atoms with Crippen LogP contribution in [-0.2, 0) is 13.5 Å². The molecule has 2 N–H and O–H groups in total. The third-order valence-corrected chi connectivity index (χ3v) is 2.32. The van der Waals surface area contributed by atoms with E-state index in [4.69, 9.17) is 5.73 Å². The Kier molecular flexibility index (Phi) is 2.89. The van der Waals surface area contributed by atoms with Crippen LogP contribution in [0.15, 0.2) is 6.20 Å². The Labute approximate surface area is 81.9 Å². The summed E-state index contributed by atoms with van der Waals surface area (Å²) in [5, 5.41) is 3.98. The summed E-state index contributed by atoms with van der Waals surface area (Å²) in [4.78, 5) is 0. The van der Waals surface area contributed by atoms with Gasteiger partial charge >= 0.3 is 0 Å². The molecule has 0 amide bonds. The Morgan fingerprint density at radius 1 is 1.64 bits per heavy atom. The highest BCUT2D eigenvalue weighted by Gasteiger charge is 2.31. The van der Waals surface area contributed by atoms with Gasteiger partial charge in [-0.05, 0) is 19.4 Å². The molecule has 0 aliphatic carbocycles. The molecule has 1 unspecified atom stereocenters. The lowest BCUT2D eigenvalue weighted by molar-refractivity contribution is 0.0628. The fourth-order valence-electron chi connectivity index (χ4n) is 1.26. The molecule has 14 heavy (non-hydrogen) atoms. The molecule has 0 fully saturated rings. The van der Waals surface area contributed by atoms with Crippen molar-refractivity contribution in [2.24, 2.45) is 12.8 Å². The largest absolute Gasteiger partial charge is 0.320 e. The Morgan fingerprint density at radius 2 is 2.21 bits per heavy atom. The van der Waals surface area contributed by atoms with E-state index < -0.39 is 12.0 Å². The molecule has 0 saturated carbocycles. The van der Waals surface area contributed by atoms with Crippen molar-refractivity contribution in [3.8, 4) is 0 Å². The summed E-state index contributed by atoms with van der Waals surface area (Å²) in [6, 6.07) is 0. The molecule has 80 valence electrons. The summed E-state index contributed by atoms with van der Waals surface area (Å²) >= 11 is 0. The van der Waals surface area contributed by atoms with Gasteiger partial charge in [-0.15, -0.1) is 0 Å². The zero-order valence-electron chi connectivity index (χ0n) is 8.59. The number of hydrogen-bond acceptors (Lipinski definition) is 2. The van der Waals surface area contributed by atoms with Gasteiger partial charge in [0, 0.05) is 19.2 Å². The van der Waals surface area contributed by atoms with Gasteiger partial charge in [0.1, 0.15) is 0 Å². The zero-order chi connectivity index (χ0) is 10.9. The summed E-state index contributed by atoms with van der Waals surface area (Å²) in [5.41, 5.74) is 5.66. The second kappa shape index (κ2) is 3.65. The molecule has 0 spiro atoms. The lowest BCUT2D eigenvalue weighted by Crippen LogP contribution is -2.46. The molecular weight excluding hydrogens is 188 g/mol. The van der Waals surface area contributed by atoms with Gasteiger partial charge < -0.3 is 5.73 Å². The first-order valence-corrected chi connectivity index (χ1v) is 4.39. The third kappa shape index (κ3) is 2.09. The van der Waals surface area contributed by atoms with E-state index in [2.05, 4.69) is 5.10 Å². The number of aryl methyl sites for hydroxylation is 2. The number of aromatic nitrogens is 2. The van der Waals surface area contributed by atoms with Crippen LogP contribution >= 0.6 is 0 Å². The second-order valence-electron chi connectivity index (χ2n) is 3.88. The number of halogens is 2. The summed E-state index contributed by atoms with van der Waals surface area (Å²) in [6.07, 6.45) is -0.749.